The van der Waals surface area contributed by atoms with Crippen molar-refractivity contribution >= 4 is 21.6 Å². The fourth-order valence-electron chi connectivity index (χ4n) is 4.22. The fraction of sp³-hybridized carbons (Fsp3) is 0.429. The number of nitrogens with two attached hydrogens (primary N) is 1. The molecule has 1 aliphatic rings. The molecule has 2 unspecified atom stereocenters. The van der Waals surface area contributed by atoms with Gasteiger partial charge in [0, 0.05) is 16.7 Å². The predicted octanol–water partition coefficient (Wildman–Crippen LogP) is 3.87. The molecule has 1 aliphatic carbocycles. The number of aromatic hydroxyl groups is 1. The summed E-state index contributed by atoms with van der Waals surface area (Å²) in [5.41, 5.74) is 8.74. The van der Waals surface area contributed by atoms with Crippen LogP contribution in [0.15, 0.2) is 53.4 Å². The summed E-state index contributed by atoms with van der Waals surface area (Å²) in [6, 6.07) is 13.9. The van der Waals surface area contributed by atoms with Gasteiger partial charge in [-0.05, 0) is 54.7 Å². The number of fused-ring (bicyclic) bond motifs is 1. The van der Waals surface area contributed by atoms with Crippen molar-refractivity contribution in [1.29, 1.82) is 0 Å². The molecule has 146 valence electrons. The van der Waals surface area contributed by atoms with E-state index in [4.69, 9.17) is 5.73 Å². The molecular formula is C21H27NO3S2. The van der Waals surface area contributed by atoms with Crippen molar-refractivity contribution in [2.45, 2.75) is 54.7 Å². The highest BCUT2D eigenvalue weighted by Gasteiger charge is 2.45. The molecule has 3 N–H and O–H groups in total. The number of phenols is 1. The summed E-state index contributed by atoms with van der Waals surface area (Å²) >= 11 is 1.43. The molecule has 0 heterocycles. The molecule has 2 atom stereocenters. The van der Waals surface area contributed by atoms with E-state index in [0.29, 0.717) is 11.3 Å². The van der Waals surface area contributed by atoms with Crippen LogP contribution in [0.2, 0.25) is 0 Å². The average molecular weight is 406 g/mol. The summed E-state index contributed by atoms with van der Waals surface area (Å²) in [5.74, 6) is 0.255. The molecule has 0 saturated heterocycles. The van der Waals surface area contributed by atoms with E-state index in [1.165, 1.54) is 11.8 Å². The van der Waals surface area contributed by atoms with Gasteiger partial charge in [-0.1, -0.05) is 38.1 Å². The number of benzene rings is 2. The third-order valence-electron chi connectivity index (χ3n) is 5.89. The van der Waals surface area contributed by atoms with E-state index in [-0.39, 0.29) is 27.5 Å². The Morgan fingerprint density at radius 2 is 1.81 bits per heavy atom. The first-order valence-electron chi connectivity index (χ1n) is 9.31. The second-order valence-corrected chi connectivity index (χ2v) is 10.8. The zero-order valence-corrected chi connectivity index (χ0v) is 17.4. The number of hydrogen-bond acceptors (Lipinski definition) is 5. The molecule has 4 nitrogen and oxygen atoms in total. The van der Waals surface area contributed by atoms with Crippen molar-refractivity contribution in [1.82, 2.24) is 0 Å². The number of rotatable bonds is 6. The first-order chi connectivity index (χ1) is 12.8. The van der Waals surface area contributed by atoms with Gasteiger partial charge in [-0.3, -0.25) is 0 Å². The lowest BCUT2D eigenvalue weighted by Crippen LogP contribution is -2.55. The Morgan fingerprint density at radius 1 is 1.15 bits per heavy atom. The first kappa shape index (κ1) is 20.2. The Bertz CT molecular complexity index is 893. The average Bonchev–Trinajstić information content (AvgIpc) is 2.68. The van der Waals surface area contributed by atoms with Crippen LogP contribution in [0.4, 0.5) is 0 Å². The zero-order chi connectivity index (χ0) is 19.7. The van der Waals surface area contributed by atoms with Crippen molar-refractivity contribution in [2.24, 2.45) is 5.73 Å². The van der Waals surface area contributed by atoms with Gasteiger partial charge in [0.25, 0.3) is 0 Å². The lowest BCUT2D eigenvalue weighted by Gasteiger charge is -2.47. The second-order valence-electron chi connectivity index (χ2n) is 7.19. The number of sulfone groups is 1. The second kappa shape index (κ2) is 7.86. The van der Waals surface area contributed by atoms with Crippen LogP contribution < -0.4 is 5.73 Å². The number of thioether (sulfide) groups is 1. The third-order valence-corrected chi connectivity index (χ3v) is 9.55. The molecule has 0 saturated carbocycles. The maximum absolute atomic E-state index is 12.7. The van der Waals surface area contributed by atoms with Crippen LogP contribution in [-0.4, -0.2) is 29.9 Å². The largest absolute Gasteiger partial charge is 0.508 e. The van der Waals surface area contributed by atoms with Crippen LogP contribution in [0.1, 0.15) is 37.8 Å². The zero-order valence-electron chi connectivity index (χ0n) is 15.8. The molecule has 0 aromatic heterocycles. The number of hydrogen-bond donors (Lipinski definition) is 2. The van der Waals surface area contributed by atoms with Gasteiger partial charge in [-0.2, -0.15) is 0 Å². The summed E-state index contributed by atoms with van der Waals surface area (Å²) < 4.78 is 25.4. The molecular weight excluding hydrogens is 378 g/mol. The molecule has 0 fully saturated rings. The Hall–Kier alpha value is -1.50. The van der Waals surface area contributed by atoms with Crippen LogP contribution in [0.3, 0.4) is 0 Å². The molecule has 0 spiro atoms. The fourth-order valence-corrected chi connectivity index (χ4v) is 7.52. The van der Waals surface area contributed by atoms with Gasteiger partial charge in [-0.25, -0.2) is 8.42 Å². The molecule has 0 amide bonds. The van der Waals surface area contributed by atoms with E-state index >= 15 is 0 Å². The van der Waals surface area contributed by atoms with Gasteiger partial charge < -0.3 is 10.8 Å². The summed E-state index contributed by atoms with van der Waals surface area (Å²) in [6.07, 6.45) is 2.42. The Morgan fingerprint density at radius 3 is 2.44 bits per heavy atom. The minimum atomic E-state index is -3.35. The van der Waals surface area contributed by atoms with Crippen LogP contribution in [0.5, 0.6) is 5.75 Å². The van der Waals surface area contributed by atoms with Crippen molar-refractivity contribution in [3.05, 3.63) is 59.7 Å². The first-order valence-corrected chi connectivity index (χ1v) is 12.0. The highest BCUT2D eigenvalue weighted by Crippen LogP contribution is 2.46. The molecule has 6 heteroatoms. The maximum atomic E-state index is 12.7. The smallest absolute Gasteiger partial charge is 0.187 e. The quantitative estimate of drug-likeness (QED) is 0.763. The Balaban J connectivity index is 1.88. The lowest BCUT2D eigenvalue weighted by molar-refractivity contribution is 0.290. The molecule has 0 bridgehead atoms. The topological polar surface area (TPSA) is 80.4 Å². The monoisotopic (exact) mass is 405 g/mol. The van der Waals surface area contributed by atoms with Crippen molar-refractivity contribution in [2.75, 3.05) is 5.08 Å². The Kier molecular flexibility index (Phi) is 5.89. The molecule has 0 radical (unpaired) electrons. The van der Waals surface area contributed by atoms with Gasteiger partial charge in [0.15, 0.2) is 9.84 Å². The number of phenolic OH excluding ortho intramolecular Hbond substituents is 1. The Labute approximate surface area is 166 Å². The van der Waals surface area contributed by atoms with E-state index in [1.54, 1.807) is 30.3 Å². The van der Waals surface area contributed by atoms with Crippen LogP contribution in [0.25, 0.3) is 0 Å². The molecule has 27 heavy (non-hydrogen) atoms. The van der Waals surface area contributed by atoms with E-state index in [2.05, 4.69) is 13.8 Å². The van der Waals surface area contributed by atoms with E-state index in [0.717, 1.165) is 24.0 Å². The van der Waals surface area contributed by atoms with Crippen LogP contribution >= 0.6 is 11.8 Å². The lowest BCUT2D eigenvalue weighted by atomic mass is 9.63. The van der Waals surface area contributed by atoms with Crippen molar-refractivity contribution in [3.63, 3.8) is 0 Å². The standard InChI is InChI=1S/C21H27NO3S2/c1-3-21(4-2)18-13-16(23)11-10-15(18)12-19(20(21)22)26-14-27(24,25)17-8-6-5-7-9-17/h5-11,13,19-20,23H,3-4,12,14,22H2,1-2H3. The predicted molar refractivity (Wildman–Crippen MR) is 112 cm³/mol. The summed E-state index contributed by atoms with van der Waals surface area (Å²) in [5, 5.41) is 10.0. The molecule has 2 aromatic carbocycles. The highest BCUT2D eigenvalue weighted by atomic mass is 32.3. The summed E-state index contributed by atoms with van der Waals surface area (Å²) in [7, 11) is -3.35. The van der Waals surface area contributed by atoms with Gasteiger partial charge >= 0.3 is 0 Å². The SMILES string of the molecule is CCC1(CC)c2cc(O)ccc2CC(SCS(=O)(=O)c2ccccc2)C1N. The van der Waals surface area contributed by atoms with Crippen molar-refractivity contribution in [3.8, 4) is 5.75 Å². The highest BCUT2D eigenvalue weighted by molar-refractivity contribution is 8.12. The van der Waals surface area contributed by atoms with E-state index < -0.39 is 9.84 Å². The molecule has 2 aromatic rings. The minimum absolute atomic E-state index is 0.0143. The molecule has 3 rings (SSSR count). The van der Waals surface area contributed by atoms with Gasteiger partial charge in [0.1, 0.15) is 10.8 Å². The normalized spacial score (nSPS) is 21.6. The van der Waals surface area contributed by atoms with Gasteiger partial charge in [0.2, 0.25) is 0 Å². The summed E-state index contributed by atoms with van der Waals surface area (Å²) in [4.78, 5) is 0.351. The van der Waals surface area contributed by atoms with Crippen LogP contribution in [-0.2, 0) is 21.7 Å². The van der Waals surface area contributed by atoms with Gasteiger partial charge in [-0.15, -0.1) is 11.8 Å². The van der Waals surface area contributed by atoms with Crippen LogP contribution in [0, 0.1) is 0 Å². The maximum Gasteiger partial charge on any atom is 0.187 e. The van der Waals surface area contributed by atoms with Crippen molar-refractivity contribution < 1.29 is 13.5 Å². The summed E-state index contributed by atoms with van der Waals surface area (Å²) in [6.45, 7) is 4.23. The minimum Gasteiger partial charge on any atom is -0.508 e. The third kappa shape index (κ3) is 3.75. The van der Waals surface area contributed by atoms with Gasteiger partial charge in [0.05, 0.1) is 4.90 Å². The van der Waals surface area contributed by atoms with E-state index in [9.17, 15) is 13.5 Å². The molecule has 0 aliphatic heterocycles. The van der Waals surface area contributed by atoms with E-state index in [1.807, 2.05) is 18.2 Å².